The van der Waals surface area contributed by atoms with E-state index in [1.165, 1.54) is 11.1 Å². The van der Waals surface area contributed by atoms with Gasteiger partial charge >= 0.3 is 0 Å². The van der Waals surface area contributed by atoms with Gasteiger partial charge in [0.25, 0.3) is 0 Å². The Labute approximate surface area is 142 Å². The van der Waals surface area contributed by atoms with Gasteiger partial charge in [-0.1, -0.05) is 6.07 Å². The number of likely N-dealkylation sites (tertiary alicyclic amines) is 1. The molecule has 2 aliphatic carbocycles. The van der Waals surface area contributed by atoms with Gasteiger partial charge in [0.05, 0.1) is 6.10 Å². The van der Waals surface area contributed by atoms with Crippen LogP contribution >= 0.6 is 0 Å². The number of ether oxygens (including phenoxy) is 2. The number of likely N-dealkylation sites (N-methyl/N-ethyl adjacent to an activating group) is 1. The molecule has 5 rings (SSSR count). The van der Waals surface area contributed by atoms with Crippen LogP contribution in [0.3, 0.4) is 0 Å². The third-order valence-electron chi connectivity index (χ3n) is 6.85. The number of aliphatic hydroxyl groups excluding tert-OH is 2. The van der Waals surface area contributed by atoms with E-state index in [0.717, 1.165) is 38.0 Å². The zero-order chi connectivity index (χ0) is 16.6. The molecule has 5 nitrogen and oxygen atoms in total. The van der Waals surface area contributed by atoms with Crippen LogP contribution in [-0.2, 0) is 11.8 Å². The molecular formula is C19H25NO4. The fraction of sp³-hybridized carbons (Fsp3) is 0.684. The summed E-state index contributed by atoms with van der Waals surface area (Å²) in [5.41, 5.74) is 2.50. The van der Waals surface area contributed by atoms with Crippen molar-refractivity contribution >= 4 is 0 Å². The summed E-state index contributed by atoms with van der Waals surface area (Å²) in [6, 6.07) is 4.57. The molecule has 2 aliphatic heterocycles. The van der Waals surface area contributed by atoms with Gasteiger partial charge < -0.3 is 24.6 Å². The molecule has 1 spiro atoms. The van der Waals surface area contributed by atoms with Gasteiger partial charge in [-0.3, -0.25) is 0 Å². The minimum atomic E-state index is -0.877. The van der Waals surface area contributed by atoms with Crippen LogP contribution in [0.5, 0.6) is 11.5 Å². The van der Waals surface area contributed by atoms with Crippen molar-refractivity contribution < 1.29 is 19.7 Å². The van der Waals surface area contributed by atoms with Crippen LogP contribution in [0, 0.1) is 5.92 Å². The van der Waals surface area contributed by atoms with Gasteiger partial charge in [-0.15, -0.1) is 0 Å². The molecule has 0 radical (unpaired) electrons. The average molecular weight is 331 g/mol. The smallest absolute Gasteiger partial charge is 0.194 e. The largest absolute Gasteiger partial charge is 0.483 e. The van der Waals surface area contributed by atoms with Crippen LogP contribution < -0.4 is 9.47 Å². The lowest BCUT2D eigenvalue weighted by Crippen LogP contribution is -2.66. The molecule has 6 atom stereocenters. The lowest BCUT2D eigenvalue weighted by Gasteiger charge is -2.58. The first-order valence-electron chi connectivity index (χ1n) is 9.08. The zero-order valence-corrected chi connectivity index (χ0v) is 14.2. The van der Waals surface area contributed by atoms with Gasteiger partial charge in [0.1, 0.15) is 6.10 Å². The monoisotopic (exact) mass is 331 g/mol. The van der Waals surface area contributed by atoms with Crippen molar-refractivity contribution in [1.82, 2.24) is 4.90 Å². The Morgan fingerprint density at radius 3 is 3.00 bits per heavy atom. The van der Waals surface area contributed by atoms with Gasteiger partial charge in [0, 0.05) is 17.0 Å². The number of hydrogen-bond acceptors (Lipinski definition) is 5. The summed E-state index contributed by atoms with van der Waals surface area (Å²) in [5.74, 6) is 1.91. The molecule has 1 saturated heterocycles. The molecule has 4 aliphatic rings. The van der Waals surface area contributed by atoms with E-state index >= 15 is 0 Å². The Balaban J connectivity index is 1.73. The van der Waals surface area contributed by atoms with Gasteiger partial charge in [-0.2, -0.15) is 0 Å². The maximum Gasteiger partial charge on any atom is 0.194 e. The number of aliphatic hydroxyl groups is 2. The van der Waals surface area contributed by atoms with Gasteiger partial charge in [-0.25, -0.2) is 0 Å². The molecule has 24 heavy (non-hydrogen) atoms. The number of piperidine rings is 1. The van der Waals surface area contributed by atoms with E-state index in [4.69, 9.17) is 9.47 Å². The lowest BCUT2D eigenvalue weighted by molar-refractivity contribution is -0.0997. The molecule has 2 heterocycles. The fourth-order valence-electron chi connectivity index (χ4n) is 5.98. The molecule has 2 fully saturated rings. The SMILES string of the molecule is CC(O)Oc1ccc2c3c1OC1C(O)CCC4C(C2)N(C)CCC341. The van der Waals surface area contributed by atoms with E-state index in [2.05, 4.69) is 18.0 Å². The minimum absolute atomic E-state index is 0.0875. The summed E-state index contributed by atoms with van der Waals surface area (Å²) >= 11 is 0. The van der Waals surface area contributed by atoms with Crippen molar-refractivity contribution in [3.8, 4) is 11.5 Å². The van der Waals surface area contributed by atoms with E-state index in [0.29, 0.717) is 17.7 Å². The molecule has 2 N–H and O–H groups in total. The van der Waals surface area contributed by atoms with E-state index in [-0.39, 0.29) is 11.5 Å². The highest BCUT2D eigenvalue weighted by Crippen LogP contribution is 2.63. The normalized spacial score (nSPS) is 40.7. The number of hydrogen-bond donors (Lipinski definition) is 2. The van der Waals surface area contributed by atoms with Crippen LogP contribution in [0.1, 0.15) is 37.3 Å². The van der Waals surface area contributed by atoms with Crippen LogP contribution in [0.15, 0.2) is 12.1 Å². The molecule has 0 aromatic heterocycles. The lowest BCUT2D eigenvalue weighted by atomic mass is 9.51. The standard InChI is InChI=1S/C19H25NO4/c1-10(21)23-15-6-3-11-9-13-12-4-5-14(22)18-19(12,7-8-20(13)2)16(11)17(15)24-18/h3,6,10,12-14,18,21-22H,4-5,7-9H2,1-2H3. The molecule has 0 amide bonds. The van der Waals surface area contributed by atoms with E-state index < -0.39 is 12.4 Å². The van der Waals surface area contributed by atoms with E-state index in [9.17, 15) is 10.2 Å². The minimum Gasteiger partial charge on any atom is -0.483 e. The third kappa shape index (κ3) is 1.70. The Bertz CT molecular complexity index is 690. The van der Waals surface area contributed by atoms with Crippen molar-refractivity contribution in [3.63, 3.8) is 0 Å². The average Bonchev–Trinajstić information content (AvgIpc) is 2.89. The highest BCUT2D eigenvalue weighted by Gasteiger charge is 2.65. The predicted molar refractivity (Wildman–Crippen MR) is 88.3 cm³/mol. The zero-order valence-electron chi connectivity index (χ0n) is 14.2. The first-order chi connectivity index (χ1) is 11.5. The second kappa shape index (κ2) is 4.87. The summed E-state index contributed by atoms with van der Waals surface area (Å²) in [6.45, 7) is 2.64. The van der Waals surface area contributed by atoms with E-state index in [1.54, 1.807) is 6.92 Å². The maximum absolute atomic E-state index is 10.7. The molecule has 5 heteroatoms. The summed E-state index contributed by atoms with van der Waals surface area (Å²) in [4.78, 5) is 2.49. The summed E-state index contributed by atoms with van der Waals surface area (Å²) in [5, 5.41) is 20.4. The molecule has 1 aromatic carbocycles. The third-order valence-corrected chi connectivity index (χ3v) is 6.85. The van der Waals surface area contributed by atoms with Crippen LogP contribution in [0.4, 0.5) is 0 Å². The Morgan fingerprint density at radius 1 is 1.38 bits per heavy atom. The topological polar surface area (TPSA) is 62.2 Å². The number of rotatable bonds is 2. The Kier molecular flexibility index (Phi) is 3.04. The van der Waals surface area contributed by atoms with Crippen LogP contribution in [0.2, 0.25) is 0 Å². The number of nitrogens with zero attached hydrogens (tertiary/aromatic N) is 1. The Morgan fingerprint density at radius 2 is 2.21 bits per heavy atom. The van der Waals surface area contributed by atoms with E-state index in [1.807, 2.05) is 6.07 Å². The quantitative estimate of drug-likeness (QED) is 0.803. The molecular weight excluding hydrogens is 306 g/mol. The van der Waals surface area contributed by atoms with Gasteiger partial charge in [-0.05, 0) is 63.7 Å². The van der Waals surface area contributed by atoms with Crippen molar-refractivity contribution in [2.75, 3.05) is 13.6 Å². The van der Waals surface area contributed by atoms with Gasteiger partial charge in [0.2, 0.25) is 0 Å². The molecule has 2 bridgehead atoms. The second-order valence-corrected chi connectivity index (χ2v) is 7.98. The summed E-state index contributed by atoms with van der Waals surface area (Å²) < 4.78 is 12.0. The van der Waals surface area contributed by atoms with Crippen molar-refractivity contribution in [1.29, 1.82) is 0 Å². The van der Waals surface area contributed by atoms with Gasteiger partial charge in [0.15, 0.2) is 17.8 Å². The predicted octanol–water partition coefficient (Wildman–Crippen LogP) is 1.43. The summed E-state index contributed by atoms with van der Waals surface area (Å²) in [6.07, 6.45) is 2.42. The van der Waals surface area contributed by atoms with Crippen molar-refractivity contribution in [2.45, 2.75) is 62.6 Å². The second-order valence-electron chi connectivity index (χ2n) is 7.98. The first-order valence-corrected chi connectivity index (χ1v) is 9.08. The van der Waals surface area contributed by atoms with Crippen LogP contribution in [0.25, 0.3) is 0 Å². The molecule has 130 valence electrons. The first kappa shape index (κ1) is 15.0. The maximum atomic E-state index is 10.7. The highest BCUT2D eigenvalue weighted by atomic mass is 16.6. The highest BCUT2D eigenvalue weighted by molar-refractivity contribution is 5.61. The van der Waals surface area contributed by atoms with Crippen molar-refractivity contribution in [2.24, 2.45) is 5.92 Å². The molecule has 6 unspecified atom stereocenters. The molecule has 1 saturated carbocycles. The van der Waals surface area contributed by atoms with Crippen LogP contribution in [-0.4, -0.2) is 53.2 Å². The molecule has 1 aromatic rings. The fourth-order valence-corrected chi connectivity index (χ4v) is 5.98. The van der Waals surface area contributed by atoms with Crippen molar-refractivity contribution in [3.05, 3.63) is 23.3 Å². The number of benzene rings is 1. The Hall–Kier alpha value is -1.30. The summed E-state index contributed by atoms with van der Waals surface area (Å²) in [7, 11) is 2.23.